The first-order chi connectivity index (χ1) is 26.8. The van der Waals surface area contributed by atoms with Crippen molar-refractivity contribution in [1.82, 2.24) is 19.9 Å². The van der Waals surface area contributed by atoms with E-state index in [9.17, 15) is 0 Å². The number of fused-ring (bicyclic) bond motifs is 5. The molecule has 0 amide bonds. The standard InChI is InChI=1S/C50H32N4/c1-5-17-33(18-6-1)37-29-38(31-39(30-37)50-53-48(35-21-9-3-10-22-35)52-49(54-50)36-23-11-4-12-24-36)43-32-44-46(41-26-14-13-25-40(41)43)42-27-15-16-28-45(42)51-47(44)34-19-7-2-8-20-34/h1-32H. The van der Waals surface area contributed by atoms with Crippen molar-refractivity contribution >= 4 is 32.4 Å². The fourth-order valence-corrected chi connectivity index (χ4v) is 7.52. The number of rotatable bonds is 6. The molecular formula is C50H32N4. The first kappa shape index (κ1) is 31.4. The van der Waals surface area contributed by atoms with Gasteiger partial charge in [0.25, 0.3) is 0 Å². The number of nitrogens with zero attached hydrogens (tertiary/aromatic N) is 4. The fraction of sp³-hybridized carbons (Fsp3) is 0. The molecule has 2 aromatic heterocycles. The number of hydrogen-bond acceptors (Lipinski definition) is 4. The summed E-state index contributed by atoms with van der Waals surface area (Å²) in [6.45, 7) is 0. The Kier molecular flexibility index (Phi) is 7.77. The molecule has 0 radical (unpaired) electrons. The molecule has 8 aromatic carbocycles. The molecule has 0 aliphatic carbocycles. The van der Waals surface area contributed by atoms with Crippen molar-refractivity contribution in [1.29, 1.82) is 0 Å². The molecule has 10 aromatic rings. The van der Waals surface area contributed by atoms with Crippen LogP contribution in [0, 0.1) is 0 Å². The lowest BCUT2D eigenvalue weighted by atomic mass is 9.88. The van der Waals surface area contributed by atoms with E-state index >= 15 is 0 Å². The zero-order valence-electron chi connectivity index (χ0n) is 29.3. The molecule has 0 bridgehead atoms. The first-order valence-electron chi connectivity index (χ1n) is 18.1. The monoisotopic (exact) mass is 688 g/mol. The maximum atomic E-state index is 5.30. The Labute approximate surface area is 313 Å². The summed E-state index contributed by atoms with van der Waals surface area (Å²) in [6, 6.07) is 67.6. The summed E-state index contributed by atoms with van der Waals surface area (Å²) in [6.07, 6.45) is 0. The maximum absolute atomic E-state index is 5.30. The van der Waals surface area contributed by atoms with Crippen LogP contribution in [-0.4, -0.2) is 19.9 Å². The molecule has 2 heterocycles. The molecule has 0 unspecified atom stereocenters. The molecule has 0 atom stereocenters. The quantitative estimate of drug-likeness (QED) is 0.163. The minimum absolute atomic E-state index is 0.615. The highest BCUT2D eigenvalue weighted by molar-refractivity contribution is 6.25. The predicted molar refractivity (Wildman–Crippen MR) is 223 cm³/mol. The molecule has 0 spiro atoms. The van der Waals surface area contributed by atoms with Crippen LogP contribution in [0.25, 0.3) is 100 Å². The smallest absolute Gasteiger partial charge is 0.164 e. The maximum Gasteiger partial charge on any atom is 0.164 e. The Morgan fingerprint density at radius 1 is 0.259 bits per heavy atom. The summed E-state index contributed by atoms with van der Waals surface area (Å²) >= 11 is 0. The van der Waals surface area contributed by atoms with Crippen LogP contribution >= 0.6 is 0 Å². The molecule has 54 heavy (non-hydrogen) atoms. The minimum Gasteiger partial charge on any atom is -0.247 e. The Bertz CT molecular complexity index is 2910. The molecule has 0 aliphatic heterocycles. The van der Waals surface area contributed by atoms with Crippen molar-refractivity contribution in [2.24, 2.45) is 0 Å². The summed E-state index contributed by atoms with van der Waals surface area (Å²) in [4.78, 5) is 20.5. The van der Waals surface area contributed by atoms with Crippen LogP contribution in [0.3, 0.4) is 0 Å². The van der Waals surface area contributed by atoms with E-state index < -0.39 is 0 Å². The number of para-hydroxylation sites is 1. The van der Waals surface area contributed by atoms with Crippen LogP contribution in [0.15, 0.2) is 194 Å². The third-order valence-electron chi connectivity index (χ3n) is 10.1. The van der Waals surface area contributed by atoms with Crippen molar-refractivity contribution in [3.8, 4) is 67.7 Å². The van der Waals surface area contributed by atoms with Gasteiger partial charge in [-0.2, -0.15) is 0 Å². The molecule has 0 saturated heterocycles. The second-order valence-electron chi connectivity index (χ2n) is 13.4. The summed E-state index contributed by atoms with van der Waals surface area (Å²) < 4.78 is 0. The Morgan fingerprint density at radius 3 is 1.31 bits per heavy atom. The van der Waals surface area contributed by atoms with Crippen molar-refractivity contribution in [2.45, 2.75) is 0 Å². The molecule has 4 nitrogen and oxygen atoms in total. The summed E-state index contributed by atoms with van der Waals surface area (Å²) in [5.74, 6) is 1.88. The second kappa shape index (κ2) is 13.4. The van der Waals surface area contributed by atoms with Crippen LogP contribution in [-0.2, 0) is 0 Å². The van der Waals surface area contributed by atoms with E-state index in [1.807, 2.05) is 60.7 Å². The van der Waals surface area contributed by atoms with Gasteiger partial charge in [0.2, 0.25) is 0 Å². The highest BCUT2D eigenvalue weighted by Crippen LogP contribution is 2.43. The van der Waals surface area contributed by atoms with Crippen molar-refractivity contribution in [2.75, 3.05) is 0 Å². The third kappa shape index (κ3) is 5.67. The van der Waals surface area contributed by atoms with Crippen molar-refractivity contribution in [3.63, 3.8) is 0 Å². The summed E-state index contributed by atoms with van der Waals surface area (Å²) in [7, 11) is 0. The largest absolute Gasteiger partial charge is 0.247 e. The van der Waals surface area contributed by atoms with E-state index in [2.05, 4.69) is 133 Å². The van der Waals surface area contributed by atoms with Crippen LogP contribution in [0.1, 0.15) is 0 Å². The molecule has 252 valence electrons. The van der Waals surface area contributed by atoms with Gasteiger partial charge in [0.1, 0.15) is 0 Å². The van der Waals surface area contributed by atoms with Gasteiger partial charge in [0.15, 0.2) is 17.5 Å². The topological polar surface area (TPSA) is 51.6 Å². The van der Waals surface area contributed by atoms with E-state index in [4.69, 9.17) is 19.9 Å². The molecule has 0 N–H and O–H groups in total. The number of benzene rings is 8. The molecule has 0 aliphatic rings. The average Bonchev–Trinajstić information content (AvgIpc) is 3.26. The normalized spacial score (nSPS) is 11.3. The van der Waals surface area contributed by atoms with Crippen LogP contribution < -0.4 is 0 Å². The van der Waals surface area contributed by atoms with E-state index in [-0.39, 0.29) is 0 Å². The van der Waals surface area contributed by atoms with Gasteiger partial charge in [-0.3, -0.25) is 0 Å². The second-order valence-corrected chi connectivity index (χ2v) is 13.4. The first-order valence-corrected chi connectivity index (χ1v) is 18.1. The van der Waals surface area contributed by atoms with Crippen molar-refractivity contribution < 1.29 is 0 Å². The zero-order valence-corrected chi connectivity index (χ0v) is 29.3. The Balaban J connectivity index is 1.28. The van der Waals surface area contributed by atoms with Gasteiger partial charge >= 0.3 is 0 Å². The van der Waals surface area contributed by atoms with Gasteiger partial charge < -0.3 is 0 Å². The average molecular weight is 689 g/mol. The highest BCUT2D eigenvalue weighted by Gasteiger charge is 2.19. The van der Waals surface area contributed by atoms with Crippen LogP contribution in [0.5, 0.6) is 0 Å². The van der Waals surface area contributed by atoms with Gasteiger partial charge in [-0.25, -0.2) is 19.9 Å². The SMILES string of the molecule is c1ccc(-c2cc(-c3nc(-c4ccccc4)nc(-c4ccccc4)n3)cc(-c3cc4c(-c5ccccc5)nc5ccccc5c4c4ccccc34)c2)cc1. The fourth-order valence-electron chi connectivity index (χ4n) is 7.52. The van der Waals surface area contributed by atoms with Gasteiger partial charge in [0.05, 0.1) is 11.2 Å². The minimum atomic E-state index is 0.615. The number of pyridine rings is 1. The number of aromatic nitrogens is 4. The third-order valence-corrected chi connectivity index (χ3v) is 10.1. The van der Waals surface area contributed by atoms with Crippen molar-refractivity contribution in [3.05, 3.63) is 194 Å². The van der Waals surface area contributed by atoms with Gasteiger partial charge in [0, 0.05) is 38.4 Å². The predicted octanol–water partition coefficient (Wildman–Crippen LogP) is 12.7. The van der Waals surface area contributed by atoms with Crippen LogP contribution in [0.4, 0.5) is 0 Å². The van der Waals surface area contributed by atoms with E-state index in [0.717, 1.165) is 66.5 Å². The van der Waals surface area contributed by atoms with E-state index in [0.29, 0.717) is 17.5 Å². The van der Waals surface area contributed by atoms with Gasteiger partial charge in [-0.05, 0) is 63.4 Å². The van der Waals surface area contributed by atoms with Gasteiger partial charge in [-0.15, -0.1) is 0 Å². The summed E-state index contributed by atoms with van der Waals surface area (Å²) in [5, 5.41) is 5.81. The molecule has 0 fully saturated rings. The lowest BCUT2D eigenvalue weighted by Gasteiger charge is -2.17. The van der Waals surface area contributed by atoms with E-state index in [1.54, 1.807) is 0 Å². The number of hydrogen-bond donors (Lipinski definition) is 0. The van der Waals surface area contributed by atoms with E-state index in [1.165, 1.54) is 16.2 Å². The zero-order chi connectivity index (χ0) is 35.8. The van der Waals surface area contributed by atoms with Gasteiger partial charge in [-0.1, -0.05) is 164 Å². The lowest BCUT2D eigenvalue weighted by Crippen LogP contribution is -2.00. The Morgan fingerprint density at radius 2 is 0.704 bits per heavy atom. The molecule has 4 heteroatoms. The van der Waals surface area contributed by atoms with Crippen LogP contribution in [0.2, 0.25) is 0 Å². The molecule has 10 rings (SSSR count). The summed E-state index contributed by atoms with van der Waals surface area (Å²) in [5.41, 5.74) is 10.2. The molecular weight excluding hydrogens is 657 g/mol. The Hall–Kier alpha value is -7.30. The highest BCUT2D eigenvalue weighted by atomic mass is 15.0. The molecule has 0 saturated carbocycles. The lowest BCUT2D eigenvalue weighted by molar-refractivity contribution is 1.07.